The summed E-state index contributed by atoms with van der Waals surface area (Å²) in [5.74, 6) is 1.01. The van der Waals surface area contributed by atoms with Crippen molar-refractivity contribution in [3.63, 3.8) is 0 Å². The number of rotatable bonds is 5. The normalized spacial score (nSPS) is 20.2. The number of hydrogen-bond donors (Lipinski definition) is 1. The number of amides is 4. The summed E-state index contributed by atoms with van der Waals surface area (Å²) in [6.07, 6.45) is 7.86. The molecule has 0 aromatic carbocycles. The number of ether oxygens (including phenoxy) is 1. The van der Waals surface area contributed by atoms with Crippen LogP contribution in [0.2, 0.25) is 0 Å². The minimum absolute atomic E-state index is 0.199. The first-order valence-electron chi connectivity index (χ1n) is 14.1. The van der Waals surface area contributed by atoms with Crippen molar-refractivity contribution in [3.8, 4) is 0 Å². The van der Waals surface area contributed by atoms with Gasteiger partial charge >= 0.3 is 12.1 Å². The van der Waals surface area contributed by atoms with Crippen LogP contribution < -0.4 is 15.1 Å². The quantitative estimate of drug-likeness (QED) is 0.622. The number of nitrogens with one attached hydrogen (secondary N) is 1. The second-order valence-corrected chi connectivity index (χ2v) is 12.0. The van der Waals surface area contributed by atoms with Gasteiger partial charge in [0, 0.05) is 57.9 Å². The number of aromatic nitrogens is 2. The monoisotopic (exact) mass is 539 g/mol. The van der Waals surface area contributed by atoms with E-state index in [4.69, 9.17) is 4.74 Å². The highest BCUT2D eigenvalue weighted by Gasteiger charge is 2.31. The number of piperidine rings is 2. The standard InChI is InChI=1S/C28H41N7O4/c1-28(2,3)39-27(38)33-13-7-20(8-14-33)19-31(4)21-9-15-32(16-10-21)22-6-5-12-34-24(18-29-25(22)34)35-17-11-23(36)30-26(35)37/h5-6,12,18,20-21H,7-11,13-17,19H2,1-4H3,(H,30,36,37). The van der Waals surface area contributed by atoms with Crippen molar-refractivity contribution in [3.05, 3.63) is 24.5 Å². The van der Waals surface area contributed by atoms with Gasteiger partial charge in [0.05, 0.1) is 11.9 Å². The van der Waals surface area contributed by atoms with E-state index in [9.17, 15) is 14.4 Å². The number of nitrogens with zero attached hydrogens (tertiary/aromatic N) is 6. The van der Waals surface area contributed by atoms with Crippen molar-refractivity contribution in [2.75, 3.05) is 56.1 Å². The van der Waals surface area contributed by atoms with Gasteiger partial charge in [0.1, 0.15) is 11.4 Å². The Morgan fingerprint density at radius 2 is 1.82 bits per heavy atom. The molecule has 11 heteroatoms. The number of carbonyl (C=O) groups is 3. The number of anilines is 2. The first kappa shape index (κ1) is 27.2. The van der Waals surface area contributed by atoms with Gasteiger partial charge in [0.15, 0.2) is 5.65 Å². The van der Waals surface area contributed by atoms with Crippen LogP contribution in [-0.2, 0) is 9.53 Å². The van der Waals surface area contributed by atoms with Gasteiger partial charge in [-0.1, -0.05) is 0 Å². The summed E-state index contributed by atoms with van der Waals surface area (Å²) < 4.78 is 7.47. The smallest absolute Gasteiger partial charge is 0.410 e. The Kier molecular flexibility index (Phi) is 7.70. The van der Waals surface area contributed by atoms with Crippen LogP contribution in [0.25, 0.3) is 5.65 Å². The summed E-state index contributed by atoms with van der Waals surface area (Å²) in [4.78, 5) is 49.3. The Hall–Kier alpha value is -3.34. The molecule has 3 aliphatic heterocycles. The summed E-state index contributed by atoms with van der Waals surface area (Å²) in [5.41, 5.74) is 1.42. The molecule has 0 aliphatic carbocycles. The van der Waals surface area contributed by atoms with Crippen molar-refractivity contribution in [2.45, 2.75) is 64.5 Å². The molecule has 2 aromatic rings. The van der Waals surface area contributed by atoms with E-state index >= 15 is 0 Å². The fraction of sp³-hybridized carbons (Fsp3) is 0.643. The number of imidazole rings is 1. The van der Waals surface area contributed by atoms with Gasteiger partial charge in [-0.2, -0.15) is 0 Å². The van der Waals surface area contributed by atoms with E-state index < -0.39 is 11.6 Å². The third-order valence-corrected chi connectivity index (χ3v) is 8.07. The Morgan fingerprint density at radius 3 is 2.49 bits per heavy atom. The zero-order valence-electron chi connectivity index (χ0n) is 23.6. The first-order valence-corrected chi connectivity index (χ1v) is 14.1. The lowest BCUT2D eigenvalue weighted by Gasteiger charge is -2.40. The molecule has 0 saturated carbocycles. The van der Waals surface area contributed by atoms with E-state index in [-0.39, 0.29) is 18.4 Å². The predicted octanol–water partition coefficient (Wildman–Crippen LogP) is 3.33. The Labute approximate surface area is 230 Å². The molecule has 212 valence electrons. The van der Waals surface area contributed by atoms with E-state index in [0.717, 1.165) is 69.7 Å². The van der Waals surface area contributed by atoms with Crippen molar-refractivity contribution in [2.24, 2.45) is 5.92 Å². The van der Waals surface area contributed by atoms with Gasteiger partial charge < -0.3 is 19.4 Å². The van der Waals surface area contributed by atoms with Crippen LogP contribution >= 0.6 is 0 Å². The largest absolute Gasteiger partial charge is 0.444 e. The molecule has 5 heterocycles. The SMILES string of the molecule is CN(CC1CCN(C(=O)OC(C)(C)C)CC1)C1CCN(c2cccn3c(N4CCC(=O)NC4=O)cnc23)CC1. The number of hydrogen-bond acceptors (Lipinski definition) is 7. The molecule has 39 heavy (non-hydrogen) atoms. The minimum Gasteiger partial charge on any atom is -0.444 e. The molecule has 0 unspecified atom stereocenters. The number of fused-ring (bicyclic) bond motifs is 1. The molecule has 0 radical (unpaired) electrons. The molecule has 3 fully saturated rings. The summed E-state index contributed by atoms with van der Waals surface area (Å²) >= 11 is 0. The Balaban J connectivity index is 1.14. The van der Waals surface area contributed by atoms with Gasteiger partial charge in [0.2, 0.25) is 5.91 Å². The summed E-state index contributed by atoms with van der Waals surface area (Å²) in [6, 6.07) is 4.20. The highest BCUT2D eigenvalue weighted by molar-refractivity contribution is 6.05. The van der Waals surface area contributed by atoms with Gasteiger partial charge in [-0.25, -0.2) is 14.6 Å². The van der Waals surface area contributed by atoms with Crippen LogP contribution in [0.1, 0.15) is 52.9 Å². The predicted molar refractivity (Wildman–Crippen MR) is 149 cm³/mol. The van der Waals surface area contributed by atoms with E-state index in [1.54, 1.807) is 11.1 Å². The minimum atomic E-state index is -0.458. The maximum Gasteiger partial charge on any atom is 0.410 e. The van der Waals surface area contributed by atoms with Crippen molar-refractivity contribution >= 4 is 35.2 Å². The highest BCUT2D eigenvalue weighted by atomic mass is 16.6. The molecule has 0 bridgehead atoms. The number of carbonyl (C=O) groups excluding carboxylic acids is 3. The molecule has 3 aliphatic rings. The maximum absolute atomic E-state index is 12.4. The number of urea groups is 1. The maximum atomic E-state index is 12.4. The molecular formula is C28H41N7O4. The summed E-state index contributed by atoms with van der Waals surface area (Å²) in [7, 11) is 2.23. The zero-order chi connectivity index (χ0) is 27.7. The van der Waals surface area contributed by atoms with E-state index in [0.29, 0.717) is 24.3 Å². The second kappa shape index (κ2) is 11.0. The molecule has 0 atom stereocenters. The molecular weight excluding hydrogens is 498 g/mol. The van der Waals surface area contributed by atoms with Crippen molar-refractivity contribution in [1.29, 1.82) is 0 Å². The molecule has 11 nitrogen and oxygen atoms in total. The Morgan fingerprint density at radius 1 is 1.10 bits per heavy atom. The molecule has 3 saturated heterocycles. The lowest BCUT2D eigenvalue weighted by molar-refractivity contribution is -0.120. The van der Waals surface area contributed by atoms with Gasteiger partial charge in [-0.05, 0) is 71.6 Å². The van der Waals surface area contributed by atoms with Crippen molar-refractivity contribution in [1.82, 2.24) is 24.5 Å². The molecule has 5 rings (SSSR count). The lowest BCUT2D eigenvalue weighted by atomic mass is 9.94. The Bertz CT molecular complexity index is 1210. The van der Waals surface area contributed by atoms with Crippen LogP contribution in [0.15, 0.2) is 24.5 Å². The van der Waals surface area contributed by atoms with Crippen LogP contribution in [0.5, 0.6) is 0 Å². The molecule has 0 spiro atoms. The van der Waals surface area contributed by atoms with Gasteiger partial charge in [-0.15, -0.1) is 0 Å². The van der Waals surface area contributed by atoms with E-state index in [1.165, 1.54) is 0 Å². The van der Waals surface area contributed by atoms with E-state index in [2.05, 4.69) is 33.2 Å². The lowest BCUT2D eigenvalue weighted by Crippen LogP contribution is -2.50. The fourth-order valence-corrected chi connectivity index (χ4v) is 5.94. The zero-order valence-corrected chi connectivity index (χ0v) is 23.6. The van der Waals surface area contributed by atoms with Crippen LogP contribution in [-0.4, -0.2) is 95.2 Å². The van der Waals surface area contributed by atoms with Crippen molar-refractivity contribution < 1.29 is 19.1 Å². The third kappa shape index (κ3) is 6.13. The molecule has 4 amide bonds. The third-order valence-electron chi connectivity index (χ3n) is 8.07. The van der Waals surface area contributed by atoms with Gasteiger partial charge in [-0.3, -0.25) is 19.4 Å². The summed E-state index contributed by atoms with van der Waals surface area (Å²) in [6.45, 7) is 10.5. The number of imide groups is 1. The van der Waals surface area contributed by atoms with Gasteiger partial charge in [0.25, 0.3) is 0 Å². The fourth-order valence-electron chi connectivity index (χ4n) is 5.94. The molecule has 1 N–H and O–H groups in total. The molecule has 2 aromatic heterocycles. The number of likely N-dealkylation sites (tertiary alicyclic amines) is 1. The second-order valence-electron chi connectivity index (χ2n) is 12.0. The average Bonchev–Trinajstić information content (AvgIpc) is 3.32. The first-order chi connectivity index (χ1) is 18.6. The van der Waals surface area contributed by atoms with Crippen LogP contribution in [0, 0.1) is 5.92 Å². The number of pyridine rings is 1. The average molecular weight is 540 g/mol. The topological polar surface area (TPSA) is 103 Å². The van der Waals surface area contributed by atoms with E-state index in [1.807, 2.05) is 42.3 Å². The summed E-state index contributed by atoms with van der Waals surface area (Å²) in [5, 5.41) is 2.39. The van der Waals surface area contributed by atoms with Crippen LogP contribution in [0.4, 0.5) is 21.1 Å². The van der Waals surface area contributed by atoms with Crippen LogP contribution in [0.3, 0.4) is 0 Å². The highest BCUT2D eigenvalue weighted by Crippen LogP contribution is 2.30.